The molecule has 0 bridgehead atoms. The number of piperazine rings is 1. The fraction of sp³-hybridized carbons (Fsp3) is 1.00. The predicted octanol–water partition coefficient (Wildman–Crippen LogP) is 0.504. The molecule has 0 spiro atoms. The highest BCUT2D eigenvalue weighted by atomic mass is 15.3. The van der Waals surface area contributed by atoms with Crippen molar-refractivity contribution < 1.29 is 0 Å². The first-order valence-electron chi connectivity index (χ1n) is 6.56. The third kappa shape index (κ3) is 1.93. The molecule has 86 valence electrons. The largest absolute Gasteiger partial charge is 0.330 e. The van der Waals surface area contributed by atoms with Crippen LogP contribution in [0.5, 0.6) is 0 Å². The average Bonchev–Trinajstić information content (AvgIpc) is 3.01. The van der Waals surface area contributed by atoms with Gasteiger partial charge in [-0.1, -0.05) is 0 Å². The van der Waals surface area contributed by atoms with Crippen molar-refractivity contribution in [2.24, 2.45) is 11.7 Å². The van der Waals surface area contributed by atoms with Crippen LogP contribution in [0.1, 0.15) is 25.7 Å². The van der Waals surface area contributed by atoms with Crippen LogP contribution in [-0.2, 0) is 0 Å². The van der Waals surface area contributed by atoms with Gasteiger partial charge in [0, 0.05) is 38.3 Å². The van der Waals surface area contributed by atoms with Crippen LogP contribution in [0.2, 0.25) is 0 Å². The Kier molecular flexibility index (Phi) is 2.71. The van der Waals surface area contributed by atoms with E-state index in [0.717, 1.165) is 24.5 Å². The number of nitrogens with zero attached hydrogens (tertiary/aromatic N) is 2. The summed E-state index contributed by atoms with van der Waals surface area (Å²) in [6, 6.07) is 1.79. The minimum absolute atomic E-state index is 0.803. The molecule has 0 aromatic carbocycles. The standard InChI is InChI=1S/C12H23N3/c13-9-10-1-4-12(10)15-7-5-14(6-8-15)11-2-3-11/h10-12H,1-9,13H2. The lowest BCUT2D eigenvalue weighted by atomic mass is 9.78. The highest BCUT2D eigenvalue weighted by molar-refractivity contribution is 4.93. The summed E-state index contributed by atoms with van der Waals surface area (Å²) in [5.41, 5.74) is 5.78. The highest BCUT2D eigenvalue weighted by Crippen LogP contribution is 2.33. The summed E-state index contributed by atoms with van der Waals surface area (Å²) in [5, 5.41) is 0. The molecule has 0 aromatic heterocycles. The molecule has 3 rings (SSSR count). The van der Waals surface area contributed by atoms with Crippen LogP contribution in [0.3, 0.4) is 0 Å². The molecule has 3 nitrogen and oxygen atoms in total. The second kappa shape index (κ2) is 4.04. The lowest BCUT2D eigenvalue weighted by molar-refractivity contribution is 0.0219. The van der Waals surface area contributed by atoms with Gasteiger partial charge in [0.2, 0.25) is 0 Å². The van der Waals surface area contributed by atoms with E-state index in [0.29, 0.717) is 0 Å². The van der Waals surface area contributed by atoms with E-state index in [-0.39, 0.29) is 0 Å². The zero-order valence-corrected chi connectivity index (χ0v) is 9.57. The molecule has 2 unspecified atom stereocenters. The topological polar surface area (TPSA) is 32.5 Å². The predicted molar refractivity (Wildman–Crippen MR) is 61.7 cm³/mol. The normalized spacial score (nSPS) is 39.0. The van der Waals surface area contributed by atoms with Crippen molar-refractivity contribution in [3.8, 4) is 0 Å². The summed E-state index contributed by atoms with van der Waals surface area (Å²) in [4.78, 5) is 5.38. The van der Waals surface area contributed by atoms with Crippen molar-refractivity contribution in [1.29, 1.82) is 0 Å². The second-order valence-corrected chi connectivity index (χ2v) is 5.44. The molecule has 2 saturated carbocycles. The molecular weight excluding hydrogens is 186 g/mol. The Balaban J connectivity index is 1.48. The lowest BCUT2D eigenvalue weighted by Crippen LogP contribution is -2.57. The van der Waals surface area contributed by atoms with Crippen LogP contribution in [0.25, 0.3) is 0 Å². The van der Waals surface area contributed by atoms with E-state index in [9.17, 15) is 0 Å². The Labute approximate surface area is 92.6 Å². The average molecular weight is 209 g/mol. The third-order valence-corrected chi connectivity index (χ3v) is 4.56. The quantitative estimate of drug-likeness (QED) is 0.735. The number of rotatable bonds is 3. The van der Waals surface area contributed by atoms with Gasteiger partial charge in [-0.2, -0.15) is 0 Å². The first-order valence-corrected chi connectivity index (χ1v) is 6.56. The van der Waals surface area contributed by atoms with E-state index in [1.807, 2.05) is 0 Å². The third-order valence-electron chi connectivity index (χ3n) is 4.56. The van der Waals surface area contributed by atoms with E-state index < -0.39 is 0 Å². The monoisotopic (exact) mass is 209 g/mol. The Bertz CT molecular complexity index is 217. The van der Waals surface area contributed by atoms with E-state index >= 15 is 0 Å². The van der Waals surface area contributed by atoms with Gasteiger partial charge in [-0.05, 0) is 38.1 Å². The molecule has 2 atom stereocenters. The second-order valence-electron chi connectivity index (χ2n) is 5.44. The molecule has 1 saturated heterocycles. The van der Waals surface area contributed by atoms with Crippen molar-refractivity contribution >= 4 is 0 Å². The molecule has 2 N–H and O–H groups in total. The molecule has 1 aliphatic heterocycles. The summed E-state index contributed by atoms with van der Waals surface area (Å²) < 4.78 is 0. The SMILES string of the molecule is NCC1CCC1N1CCN(C2CC2)CC1. The van der Waals surface area contributed by atoms with Crippen molar-refractivity contribution in [1.82, 2.24) is 9.80 Å². The van der Waals surface area contributed by atoms with E-state index in [1.54, 1.807) is 0 Å². The van der Waals surface area contributed by atoms with E-state index in [1.165, 1.54) is 51.9 Å². The van der Waals surface area contributed by atoms with Gasteiger partial charge in [0.15, 0.2) is 0 Å². The highest BCUT2D eigenvalue weighted by Gasteiger charge is 2.38. The van der Waals surface area contributed by atoms with Crippen molar-refractivity contribution in [3.63, 3.8) is 0 Å². The summed E-state index contributed by atoms with van der Waals surface area (Å²) in [5.74, 6) is 0.803. The maximum Gasteiger partial charge on any atom is 0.0137 e. The fourth-order valence-corrected chi connectivity index (χ4v) is 3.18. The minimum Gasteiger partial charge on any atom is -0.330 e. The van der Waals surface area contributed by atoms with Gasteiger partial charge in [-0.15, -0.1) is 0 Å². The van der Waals surface area contributed by atoms with Crippen LogP contribution in [0, 0.1) is 5.92 Å². The summed E-state index contributed by atoms with van der Waals surface area (Å²) in [6.45, 7) is 6.08. The van der Waals surface area contributed by atoms with Gasteiger partial charge in [0.05, 0.1) is 0 Å². The smallest absolute Gasteiger partial charge is 0.0137 e. The van der Waals surface area contributed by atoms with Crippen LogP contribution in [0.15, 0.2) is 0 Å². The number of hydrogen-bond donors (Lipinski definition) is 1. The number of hydrogen-bond acceptors (Lipinski definition) is 3. The molecule has 1 heterocycles. The van der Waals surface area contributed by atoms with Crippen LogP contribution >= 0.6 is 0 Å². The van der Waals surface area contributed by atoms with Crippen LogP contribution in [0.4, 0.5) is 0 Å². The zero-order chi connectivity index (χ0) is 10.3. The summed E-state index contributed by atoms with van der Waals surface area (Å²) >= 11 is 0. The molecule has 3 aliphatic rings. The summed E-state index contributed by atoms with van der Waals surface area (Å²) in [7, 11) is 0. The van der Waals surface area contributed by atoms with E-state index in [4.69, 9.17) is 5.73 Å². The Morgan fingerprint density at radius 2 is 1.53 bits per heavy atom. The van der Waals surface area contributed by atoms with Gasteiger partial charge >= 0.3 is 0 Å². The summed E-state index contributed by atoms with van der Waals surface area (Å²) in [6.07, 6.45) is 5.67. The van der Waals surface area contributed by atoms with Gasteiger partial charge in [0.25, 0.3) is 0 Å². The molecule has 3 heteroatoms. The van der Waals surface area contributed by atoms with Gasteiger partial charge in [0.1, 0.15) is 0 Å². The number of nitrogens with two attached hydrogens (primary N) is 1. The van der Waals surface area contributed by atoms with Gasteiger partial charge in [-0.3, -0.25) is 9.80 Å². The fourth-order valence-electron chi connectivity index (χ4n) is 3.18. The van der Waals surface area contributed by atoms with Crippen LogP contribution in [-0.4, -0.2) is 54.6 Å². The van der Waals surface area contributed by atoms with Crippen LogP contribution < -0.4 is 5.73 Å². The first kappa shape index (κ1) is 10.1. The molecular formula is C12H23N3. The molecule has 3 fully saturated rings. The maximum absolute atomic E-state index is 5.78. The van der Waals surface area contributed by atoms with E-state index in [2.05, 4.69) is 9.80 Å². The Hall–Kier alpha value is -0.120. The van der Waals surface area contributed by atoms with Crippen molar-refractivity contribution in [2.45, 2.75) is 37.8 Å². The molecule has 0 amide bonds. The molecule has 0 aromatic rings. The maximum atomic E-state index is 5.78. The zero-order valence-electron chi connectivity index (χ0n) is 9.57. The molecule has 15 heavy (non-hydrogen) atoms. The molecule has 0 radical (unpaired) electrons. The first-order chi connectivity index (χ1) is 7.38. The molecule has 2 aliphatic carbocycles. The lowest BCUT2D eigenvalue weighted by Gasteiger charge is -2.47. The van der Waals surface area contributed by atoms with Crippen molar-refractivity contribution in [3.05, 3.63) is 0 Å². The minimum atomic E-state index is 0.803. The Morgan fingerprint density at radius 1 is 0.867 bits per heavy atom. The van der Waals surface area contributed by atoms with Gasteiger partial charge in [-0.25, -0.2) is 0 Å². The Morgan fingerprint density at radius 3 is 2.00 bits per heavy atom. The van der Waals surface area contributed by atoms with Gasteiger partial charge < -0.3 is 5.73 Å². The van der Waals surface area contributed by atoms with Crippen molar-refractivity contribution in [2.75, 3.05) is 32.7 Å².